The zero-order valence-corrected chi connectivity index (χ0v) is 18.4. The van der Waals surface area contributed by atoms with Gasteiger partial charge in [0.1, 0.15) is 6.61 Å². The average molecular weight is 453 g/mol. The van der Waals surface area contributed by atoms with Crippen molar-refractivity contribution < 1.29 is 14.2 Å². The number of aromatic nitrogens is 4. The summed E-state index contributed by atoms with van der Waals surface area (Å²) in [6.07, 6.45) is 3.47. The fourth-order valence-electron chi connectivity index (χ4n) is 3.80. The SMILES string of the molecule is C(=NNc1c[nH]c2ccccc12)c1nc(OCCN2CCOCC2)nc(N2CCOCC2)n1. The van der Waals surface area contributed by atoms with Crippen molar-refractivity contribution in [2.24, 2.45) is 5.10 Å². The summed E-state index contributed by atoms with van der Waals surface area (Å²) in [4.78, 5) is 21.2. The van der Waals surface area contributed by atoms with Crippen molar-refractivity contribution in [3.05, 3.63) is 36.3 Å². The number of H-pyrrole nitrogens is 1. The van der Waals surface area contributed by atoms with Crippen molar-refractivity contribution >= 4 is 28.8 Å². The summed E-state index contributed by atoms with van der Waals surface area (Å²) in [6, 6.07) is 8.33. The molecule has 5 rings (SSSR count). The summed E-state index contributed by atoms with van der Waals surface area (Å²) in [5.41, 5.74) is 4.99. The minimum Gasteiger partial charge on any atom is -0.462 e. The van der Waals surface area contributed by atoms with E-state index in [2.05, 4.69) is 40.3 Å². The first-order valence-electron chi connectivity index (χ1n) is 11.2. The van der Waals surface area contributed by atoms with Gasteiger partial charge in [-0.1, -0.05) is 18.2 Å². The van der Waals surface area contributed by atoms with E-state index in [1.165, 1.54) is 0 Å². The Bertz CT molecular complexity index is 1080. The number of benzene rings is 1. The lowest BCUT2D eigenvalue weighted by Crippen LogP contribution is -2.39. The van der Waals surface area contributed by atoms with Gasteiger partial charge < -0.3 is 24.1 Å². The largest absolute Gasteiger partial charge is 0.462 e. The molecule has 0 spiro atoms. The molecule has 2 aliphatic rings. The Morgan fingerprint density at radius 3 is 2.67 bits per heavy atom. The number of nitrogens with one attached hydrogen (secondary N) is 2. The summed E-state index contributed by atoms with van der Waals surface area (Å²) in [7, 11) is 0. The molecule has 3 aromatic rings. The van der Waals surface area contributed by atoms with E-state index in [0.717, 1.165) is 62.5 Å². The summed E-state index contributed by atoms with van der Waals surface area (Å²) >= 11 is 0. The molecule has 0 radical (unpaired) electrons. The third-order valence-electron chi connectivity index (χ3n) is 5.61. The molecule has 0 amide bonds. The molecular weight excluding hydrogens is 424 g/mol. The van der Waals surface area contributed by atoms with Crippen LogP contribution in [0.2, 0.25) is 0 Å². The number of hydrazone groups is 1. The van der Waals surface area contributed by atoms with E-state index in [1.807, 2.05) is 30.5 Å². The van der Waals surface area contributed by atoms with Gasteiger partial charge in [-0.2, -0.15) is 20.1 Å². The van der Waals surface area contributed by atoms with Crippen molar-refractivity contribution in [3.8, 4) is 6.01 Å². The van der Waals surface area contributed by atoms with Crippen LogP contribution < -0.4 is 15.1 Å². The molecule has 2 saturated heterocycles. The van der Waals surface area contributed by atoms with Gasteiger partial charge in [-0.15, -0.1) is 0 Å². The molecule has 0 saturated carbocycles. The van der Waals surface area contributed by atoms with Gasteiger partial charge in [0.25, 0.3) is 0 Å². The number of fused-ring (bicyclic) bond motifs is 1. The second kappa shape index (κ2) is 10.6. The number of para-hydroxylation sites is 1. The third-order valence-corrected chi connectivity index (χ3v) is 5.61. The van der Waals surface area contributed by atoms with Crippen molar-refractivity contribution in [3.63, 3.8) is 0 Å². The second-order valence-electron chi connectivity index (χ2n) is 7.80. The zero-order chi connectivity index (χ0) is 22.3. The molecule has 0 atom stereocenters. The molecule has 0 unspecified atom stereocenters. The quantitative estimate of drug-likeness (QED) is 0.386. The van der Waals surface area contributed by atoms with Crippen molar-refractivity contribution in [1.82, 2.24) is 24.8 Å². The Balaban J connectivity index is 1.29. The topological polar surface area (TPSA) is 113 Å². The van der Waals surface area contributed by atoms with E-state index in [4.69, 9.17) is 14.2 Å². The number of anilines is 2. The van der Waals surface area contributed by atoms with Crippen molar-refractivity contribution in [2.75, 3.05) is 76.1 Å². The van der Waals surface area contributed by atoms with E-state index in [9.17, 15) is 0 Å². The standard InChI is InChI=1S/C22H28N8O3/c1-2-4-18-17(3-1)19(15-23-18)28-24-16-20-25-21(30-8-12-32-13-9-30)27-22(26-20)33-14-7-29-5-10-31-11-6-29/h1-4,15-16,23,28H,5-14H2. The number of ether oxygens (including phenoxy) is 3. The van der Waals surface area contributed by atoms with Crippen LogP contribution >= 0.6 is 0 Å². The van der Waals surface area contributed by atoms with Crippen LogP contribution in [-0.4, -0.2) is 96.8 Å². The molecular formula is C22H28N8O3. The first kappa shape index (κ1) is 21.6. The van der Waals surface area contributed by atoms with Crippen LogP contribution in [0.1, 0.15) is 5.82 Å². The Morgan fingerprint density at radius 2 is 1.82 bits per heavy atom. The smallest absolute Gasteiger partial charge is 0.321 e. The average Bonchev–Trinajstić information content (AvgIpc) is 3.28. The number of hydrogen-bond acceptors (Lipinski definition) is 10. The molecule has 11 heteroatoms. The van der Waals surface area contributed by atoms with Gasteiger partial charge in [-0.3, -0.25) is 10.3 Å². The van der Waals surface area contributed by atoms with Gasteiger partial charge >= 0.3 is 6.01 Å². The van der Waals surface area contributed by atoms with Crippen LogP contribution in [-0.2, 0) is 9.47 Å². The first-order chi connectivity index (χ1) is 16.3. The van der Waals surface area contributed by atoms with Crippen LogP contribution in [0, 0.1) is 0 Å². The summed E-state index contributed by atoms with van der Waals surface area (Å²) in [5.74, 6) is 1.00. The molecule has 2 N–H and O–H groups in total. The van der Waals surface area contributed by atoms with Crippen molar-refractivity contribution in [2.45, 2.75) is 0 Å². The lowest BCUT2D eigenvalue weighted by Gasteiger charge is -2.27. The Morgan fingerprint density at radius 1 is 1.03 bits per heavy atom. The Labute approximate surface area is 191 Å². The molecule has 11 nitrogen and oxygen atoms in total. The number of nitrogens with zero attached hydrogens (tertiary/aromatic N) is 6. The van der Waals surface area contributed by atoms with Gasteiger partial charge in [0.05, 0.1) is 38.3 Å². The number of aromatic amines is 1. The van der Waals surface area contributed by atoms with Crippen LogP contribution in [0.25, 0.3) is 10.9 Å². The molecule has 174 valence electrons. The van der Waals surface area contributed by atoms with Gasteiger partial charge in [0.2, 0.25) is 5.95 Å². The highest BCUT2D eigenvalue weighted by Gasteiger charge is 2.17. The van der Waals surface area contributed by atoms with Gasteiger partial charge in [-0.25, -0.2) is 0 Å². The maximum atomic E-state index is 5.90. The fourth-order valence-corrected chi connectivity index (χ4v) is 3.80. The van der Waals surface area contributed by atoms with Crippen LogP contribution in [0.3, 0.4) is 0 Å². The molecule has 2 aromatic heterocycles. The lowest BCUT2D eigenvalue weighted by molar-refractivity contribution is 0.0317. The first-order valence-corrected chi connectivity index (χ1v) is 11.2. The Kier molecular flexibility index (Phi) is 6.90. The van der Waals surface area contributed by atoms with E-state index < -0.39 is 0 Å². The monoisotopic (exact) mass is 452 g/mol. The van der Waals surface area contributed by atoms with Crippen LogP contribution in [0.5, 0.6) is 6.01 Å². The van der Waals surface area contributed by atoms with E-state index in [0.29, 0.717) is 37.6 Å². The lowest BCUT2D eigenvalue weighted by atomic mass is 10.2. The summed E-state index contributed by atoms with van der Waals surface area (Å²) in [5, 5.41) is 5.41. The Hall–Kier alpha value is -3.28. The zero-order valence-electron chi connectivity index (χ0n) is 18.4. The third kappa shape index (κ3) is 5.56. The molecule has 2 aliphatic heterocycles. The van der Waals surface area contributed by atoms with Gasteiger partial charge in [0, 0.05) is 49.8 Å². The highest BCUT2D eigenvalue weighted by atomic mass is 16.5. The normalized spacial score (nSPS) is 17.6. The maximum Gasteiger partial charge on any atom is 0.321 e. The molecule has 0 aliphatic carbocycles. The van der Waals surface area contributed by atoms with E-state index in [1.54, 1.807) is 6.21 Å². The van der Waals surface area contributed by atoms with Gasteiger partial charge in [-0.05, 0) is 6.07 Å². The minimum atomic E-state index is 0.299. The molecule has 0 bridgehead atoms. The molecule has 1 aromatic carbocycles. The van der Waals surface area contributed by atoms with Gasteiger partial charge in [0.15, 0.2) is 5.82 Å². The number of rotatable bonds is 8. The second-order valence-corrected chi connectivity index (χ2v) is 7.80. The highest BCUT2D eigenvalue weighted by molar-refractivity contribution is 5.92. The summed E-state index contributed by atoms with van der Waals surface area (Å²) in [6.45, 7) is 7.38. The predicted octanol–water partition coefficient (Wildman–Crippen LogP) is 1.35. The number of morpholine rings is 2. The molecule has 2 fully saturated rings. The maximum absolute atomic E-state index is 5.90. The van der Waals surface area contributed by atoms with Crippen molar-refractivity contribution in [1.29, 1.82) is 0 Å². The van der Waals surface area contributed by atoms with E-state index in [-0.39, 0.29) is 0 Å². The molecule has 33 heavy (non-hydrogen) atoms. The van der Waals surface area contributed by atoms with Crippen LogP contribution in [0.15, 0.2) is 35.6 Å². The number of hydrogen-bond donors (Lipinski definition) is 2. The highest BCUT2D eigenvalue weighted by Crippen LogP contribution is 2.22. The molecule has 4 heterocycles. The van der Waals surface area contributed by atoms with E-state index >= 15 is 0 Å². The van der Waals surface area contributed by atoms with Crippen LogP contribution in [0.4, 0.5) is 11.6 Å². The predicted molar refractivity (Wildman–Crippen MR) is 125 cm³/mol. The fraction of sp³-hybridized carbons (Fsp3) is 0.455. The summed E-state index contributed by atoms with van der Waals surface area (Å²) < 4.78 is 16.8. The minimum absolute atomic E-state index is 0.299.